The van der Waals surface area contributed by atoms with Crippen molar-refractivity contribution < 1.29 is 32.9 Å². The quantitative estimate of drug-likeness (QED) is 0.197. The number of phenols is 2. The first-order valence-corrected chi connectivity index (χ1v) is 9.86. The van der Waals surface area contributed by atoms with E-state index >= 15 is 0 Å². The molecular weight excluding hydrogens is 432 g/mol. The number of benzene rings is 3. The molecule has 0 aromatic heterocycles. The van der Waals surface area contributed by atoms with Gasteiger partial charge in [0, 0.05) is 24.4 Å². The van der Waals surface area contributed by atoms with Crippen LogP contribution in [0.25, 0.3) is 10.8 Å². The molecule has 160 valence electrons. The molecule has 0 unspecified atom stereocenters. The maximum absolute atomic E-state index is 11.5. The number of non-ortho nitro benzene ring substituents is 1. The van der Waals surface area contributed by atoms with Crippen LogP contribution in [0.5, 0.6) is 11.5 Å². The first kappa shape index (κ1) is 21.6. The third-order valence-electron chi connectivity index (χ3n) is 4.09. The monoisotopic (exact) mass is 446 g/mol. The molecule has 31 heavy (non-hydrogen) atoms. The second kappa shape index (κ2) is 7.97. The van der Waals surface area contributed by atoms with E-state index < -0.39 is 43.0 Å². The van der Waals surface area contributed by atoms with E-state index in [9.17, 15) is 38.1 Å². The second-order valence-corrected chi connectivity index (χ2v) is 7.65. The summed E-state index contributed by atoms with van der Waals surface area (Å²) in [6, 6.07) is 8.92. The fourth-order valence-electron chi connectivity index (χ4n) is 2.81. The molecule has 0 aliphatic carbocycles. The number of nitro groups is 1. The van der Waals surface area contributed by atoms with Crippen molar-refractivity contribution in [2.45, 2.75) is 11.8 Å². The van der Waals surface area contributed by atoms with E-state index in [0.717, 1.165) is 6.07 Å². The lowest BCUT2D eigenvalue weighted by atomic mass is 10.1. The largest absolute Gasteiger partial charge is 0.506 e. The maximum Gasteiger partial charge on any atom is 0.298 e. The molecule has 4 N–H and O–H groups in total. The predicted molar refractivity (Wildman–Crippen MR) is 109 cm³/mol. The Labute approximate surface area is 174 Å². The lowest BCUT2D eigenvalue weighted by Gasteiger charge is -2.10. The Morgan fingerprint density at radius 2 is 1.84 bits per heavy atom. The van der Waals surface area contributed by atoms with Crippen molar-refractivity contribution in [3.63, 3.8) is 0 Å². The average molecular weight is 446 g/mol. The molecule has 3 aromatic carbocycles. The van der Waals surface area contributed by atoms with Crippen molar-refractivity contribution in [3.05, 3.63) is 52.6 Å². The SMILES string of the molecule is CC(=O)Nc1cccc2ccc(O)c(N=Nc3cc([N+](=O)[O-])cc(S(=O)(=O)O)c3O)c12. The highest BCUT2D eigenvalue weighted by Gasteiger charge is 2.24. The Kier molecular flexibility index (Phi) is 5.55. The van der Waals surface area contributed by atoms with Crippen LogP contribution in [0.1, 0.15) is 6.92 Å². The Morgan fingerprint density at radius 3 is 2.45 bits per heavy atom. The van der Waals surface area contributed by atoms with Gasteiger partial charge in [0.05, 0.1) is 10.6 Å². The molecule has 0 saturated heterocycles. The van der Waals surface area contributed by atoms with E-state index in [1.54, 1.807) is 24.3 Å². The molecule has 0 bridgehead atoms. The number of phenolic OH excluding ortho intramolecular Hbond substituents is 2. The summed E-state index contributed by atoms with van der Waals surface area (Å²) in [7, 11) is -5.01. The number of rotatable bonds is 5. The van der Waals surface area contributed by atoms with Gasteiger partial charge in [-0.2, -0.15) is 8.42 Å². The summed E-state index contributed by atoms with van der Waals surface area (Å²) in [5.41, 5.74) is -1.28. The smallest absolute Gasteiger partial charge is 0.298 e. The Morgan fingerprint density at radius 1 is 1.13 bits per heavy atom. The third-order valence-corrected chi connectivity index (χ3v) is 4.96. The van der Waals surface area contributed by atoms with Crippen LogP contribution in [0.3, 0.4) is 0 Å². The second-order valence-electron chi connectivity index (χ2n) is 6.26. The standard InChI is InChI=1S/C18H14N4O8S/c1-9(23)19-12-4-2-3-10-5-6-14(24)17(16(10)12)21-20-13-7-11(22(26)27)8-15(18(13)25)31(28,29)30/h2-8,24-25H,1H3,(H,19,23)(H,28,29,30). The van der Waals surface area contributed by atoms with Crippen LogP contribution in [0.4, 0.5) is 22.7 Å². The topological polar surface area (TPSA) is 192 Å². The van der Waals surface area contributed by atoms with E-state index in [2.05, 4.69) is 15.5 Å². The number of nitro benzene ring substituents is 1. The molecule has 0 aliphatic rings. The molecule has 0 radical (unpaired) electrons. The van der Waals surface area contributed by atoms with Gasteiger partial charge in [0.2, 0.25) is 5.91 Å². The van der Waals surface area contributed by atoms with E-state index in [4.69, 9.17) is 0 Å². The van der Waals surface area contributed by atoms with Crippen LogP contribution >= 0.6 is 0 Å². The lowest BCUT2D eigenvalue weighted by Crippen LogP contribution is -2.06. The molecule has 3 aromatic rings. The van der Waals surface area contributed by atoms with Gasteiger partial charge >= 0.3 is 0 Å². The molecule has 0 saturated carbocycles. The number of nitrogens with one attached hydrogen (secondary N) is 1. The number of carbonyl (C=O) groups is 1. The summed E-state index contributed by atoms with van der Waals surface area (Å²) >= 11 is 0. The Balaban J connectivity index is 2.25. The number of fused-ring (bicyclic) bond motifs is 1. The normalized spacial score (nSPS) is 11.7. The number of anilines is 1. The number of azo groups is 1. The molecule has 0 heterocycles. The lowest BCUT2D eigenvalue weighted by molar-refractivity contribution is -0.385. The van der Waals surface area contributed by atoms with E-state index in [0.29, 0.717) is 11.5 Å². The van der Waals surface area contributed by atoms with Crippen LogP contribution in [0.2, 0.25) is 0 Å². The molecule has 0 spiro atoms. The van der Waals surface area contributed by atoms with Crippen LogP contribution < -0.4 is 5.32 Å². The van der Waals surface area contributed by atoms with Crippen molar-refractivity contribution in [1.29, 1.82) is 0 Å². The Bertz CT molecular complexity index is 1370. The van der Waals surface area contributed by atoms with Gasteiger partial charge in [0.1, 0.15) is 22.0 Å². The van der Waals surface area contributed by atoms with Gasteiger partial charge in [-0.05, 0) is 17.5 Å². The summed E-state index contributed by atoms with van der Waals surface area (Å²) in [5, 5.41) is 42.4. The van der Waals surface area contributed by atoms with Gasteiger partial charge in [-0.1, -0.05) is 18.2 Å². The highest BCUT2D eigenvalue weighted by Crippen LogP contribution is 2.42. The van der Waals surface area contributed by atoms with E-state index in [-0.39, 0.29) is 22.5 Å². The minimum Gasteiger partial charge on any atom is -0.506 e. The zero-order chi connectivity index (χ0) is 22.9. The average Bonchev–Trinajstić information content (AvgIpc) is 2.67. The van der Waals surface area contributed by atoms with Gasteiger partial charge < -0.3 is 15.5 Å². The molecule has 0 fully saturated rings. The van der Waals surface area contributed by atoms with Crippen molar-refractivity contribution in [1.82, 2.24) is 0 Å². The zero-order valence-electron chi connectivity index (χ0n) is 15.7. The van der Waals surface area contributed by atoms with Crippen LogP contribution in [0.15, 0.2) is 57.6 Å². The number of hydrogen-bond donors (Lipinski definition) is 4. The van der Waals surface area contributed by atoms with Gasteiger partial charge in [-0.3, -0.25) is 19.5 Å². The minimum atomic E-state index is -5.01. The molecular formula is C18H14N4O8S. The van der Waals surface area contributed by atoms with Crippen molar-refractivity contribution in [2.75, 3.05) is 5.32 Å². The maximum atomic E-state index is 11.5. The zero-order valence-corrected chi connectivity index (χ0v) is 16.5. The highest BCUT2D eigenvalue weighted by atomic mass is 32.2. The van der Waals surface area contributed by atoms with Crippen LogP contribution in [0, 0.1) is 10.1 Å². The summed E-state index contributed by atoms with van der Waals surface area (Å²) in [4.78, 5) is 20.5. The summed E-state index contributed by atoms with van der Waals surface area (Å²) in [6.45, 7) is 1.28. The number of nitrogens with zero attached hydrogens (tertiary/aromatic N) is 3. The molecule has 0 aliphatic heterocycles. The Hall–Kier alpha value is -4.10. The first-order valence-electron chi connectivity index (χ1n) is 8.42. The summed E-state index contributed by atoms with van der Waals surface area (Å²) < 4.78 is 32.1. The highest BCUT2D eigenvalue weighted by molar-refractivity contribution is 7.86. The number of amides is 1. The van der Waals surface area contributed by atoms with Crippen molar-refractivity contribution in [3.8, 4) is 11.5 Å². The first-order chi connectivity index (χ1) is 14.5. The van der Waals surface area contributed by atoms with E-state index in [1.807, 2.05) is 0 Å². The third kappa shape index (κ3) is 4.41. The predicted octanol–water partition coefficient (Wildman–Crippen LogP) is 3.78. The van der Waals surface area contributed by atoms with Gasteiger partial charge in [0.25, 0.3) is 15.8 Å². The fourth-order valence-corrected chi connectivity index (χ4v) is 3.42. The molecule has 1 amide bonds. The molecule has 3 rings (SSSR count). The van der Waals surface area contributed by atoms with Gasteiger partial charge in [0.15, 0.2) is 5.75 Å². The van der Waals surface area contributed by atoms with Gasteiger partial charge in [-0.25, -0.2) is 0 Å². The van der Waals surface area contributed by atoms with Crippen LogP contribution in [-0.4, -0.2) is 34.0 Å². The van der Waals surface area contributed by atoms with Crippen molar-refractivity contribution >= 4 is 49.5 Å². The molecule has 0 atom stereocenters. The minimum absolute atomic E-state index is 0.152. The molecule has 13 heteroatoms. The van der Waals surface area contributed by atoms with E-state index in [1.165, 1.54) is 13.0 Å². The van der Waals surface area contributed by atoms with Crippen molar-refractivity contribution in [2.24, 2.45) is 10.2 Å². The summed E-state index contributed by atoms with van der Waals surface area (Å²) in [6.07, 6.45) is 0. The summed E-state index contributed by atoms with van der Waals surface area (Å²) in [5.74, 6) is -1.83. The number of carbonyl (C=O) groups excluding carboxylic acids is 1. The number of aromatic hydroxyl groups is 2. The van der Waals surface area contributed by atoms with Crippen LogP contribution in [-0.2, 0) is 14.9 Å². The van der Waals surface area contributed by atoms with Gasteiger partial charge in [-0.15, -0.1) is 10.2 Å². The number of hydrogen-bond acceptors (Lipinski definition) is 9. The molecule has 12 nitrogen and oxygen atoms in total. The fraction of sp³-hybridized carbons (Fsp3) is 0.0556.